The lowest BCUT2D eigenvalue weighted by Crippen LogP contribution is -2.37. The molecule has 3 nitrogen and oxygen atoms in total. The zero-order chi connectivity index (χ0) is 13.2. The molecule has 1 saturated heterocycles. The minimum absolute atomic E-state index is 0.675. The molecule has 1 atom stereocenters. The van der Waals surface area contributed by atoms with Crippen LogP contribution < -0.4 is 5.32 Å². The maximum Gasteiger partial charge on any atom is 0.0589 e. The van der Waals surface area contributed by atoms with Crippen LogP contribution in [0.2, 0.25) is 0 Å². The van der Waals surface area contributed by atoms with Crippen molar-refractivity contribution < 1.29 is 4.74 Å². The van der Waals surface area contributed by atoms with Gasteiger partial charge in [-0.2, -0.15) is 11.8 Å². The molecule has 1 rings (SSSR count). The molecule has 1 fully saturated rings. The van der Waals surface area contributed by atoms with Crippen LogP contribution in [-0.2, 0) is 4.74 Å². The lowest BCUT2D eigenvalue weighted by molar-refractivity contribution is 0.128. The molecule has 0 spiro atoms. The van der Waals surface area contributed by atoms with Crippen molar-refractivity contribution in [3.8, 4) is 0 Å². The highest BCUT2D eigenvalue weighted by Crippen LogP contribution is 2.20. The number of thioether (sulfide) groups is 1. The Labute approximate surface area is 117 Å². The summed E-state index contributed by atoms with van der Waals surface area (Å²) in [4.78, 5) is 2.57. The van der Waals surface area contributed by atoms with Crippen molar-refractivity contribution in [1.29, 1.82) is 0 Å². The molecule has 0 aromatic rings. The van der Waals surface area contributed by atoms with E-state index in [-0.39, 0.29) is 0 Å². The van der Waals surface area contributed by atoms with Gasteiger partial charge in [0.15, 0.2) is 0 Å². The van der Waals surface area contributed by atoms with E-state index in [1.807, 2.05) is 0 Å². The highest BCUT2D eigenvalue weighted by molar-refractivity contribution is 7.99. The Morgan fingerprint density at radius 1 is 1.33 bits per heavy atom. The Morgan fingerprint density at radius 3 is 2.67 bits per heavy atom. The number of ether oxygens (including phenoxy) is 1. The summed E-state index contributed by atoms with van der Waals surface area (Å²) in [6.07, 6.45) is 3.90. The lowest BCUT2D eigenvalue weighted by Gasteiger charge is -2.29. The molecule has 0 amide bonds. The third kappa shape index (κ3) is 6.41. The van der Waals surface area contributed by atoms with Crippen LogP contribution in [0.1, 0.15) is 33.1 Å². The van der Waals surface area contributed by atoms with Crippen molar-refractivity contribution in [3.05, 3.63) is 0 Å². The first-order chi connectivity index (χ1) is 8.77. The van der Waals surface area contributed by atoms with Crippen molar-refractivity contribution in [3.63, 3.8) is 0 Å². The molecule has 1 N–H and O–H groups in total. The maximum atomic E-state index is 5.21. The van der Waals surface area contributed by atoms with Gasteiger partial charge in [0.1, 0.15) is 0 Å². The second-order valence-corrected chi connectivity index (χ2v) is 6.51. The minimum atomic E-state index is 0.675. The third-order valence-electron chi connectivity index (χ3n) is 3.82. The number of piperidine rings is 1. The highest BCUT2D eigenvalue weighted by atomic mass is 32.2. The topological polar surface area (TPSA) is 24.5 Å². The Hall–Kier alpha value is 0.230. The zero-order valence-corrected chi connectivity index (χ0v) is 13.1. The van der Waals surface area contributed by atoms with E-state index >= 15 is 0 Å². The van der Waals surface area contributed by atoms with Crippen molar-refractivity contribution in [2.45, 2.75) is 44.4 Å². The van der Waals surface area contributed by atoms with Gasteiger partial charge in [-0.25, -0.2) is 0 Å². The molecule has 0 bridgehead atoms. The predicted molar refractivity (Wildman–Crippen MR) is 81.6 cm³/mol. The summed E-state index contributed by atoms with van der Waals surface area (Å²) >= 11 is 2.16. The molecule has 1 aliphatic rings. The van der Waals surface area contributed by atoms with Crippen molar-refractivity contribution in [1.82, 2.24) is 10.2 Å². The number of hydrogen-bond donors (Lipinski definition) is 1. The monoisotopic (exact) mass is 274 g/mol. The summed E-state index contributed by atoms with van der Waals surface area (Å²) in [5, 5.41) is 4.31. The van der Waals surface area contributed by atoms with Crippen LogP contribution in [0.3, 0.4) is 0 Å². The Morgan fingerprint density at radius 2 is 2.06 bits per heavy atom. The van der Waals surface area contributed by atoms with Gasteiger partial charge < -0.3 is 10.1 Å². The van der Waals surface area contributed by atoms with E-state index in [2.05, 4.69) is 35.8 Å². The van der Waals surface area contributed by atoms with Crippen molar-refractivity contribution in [2.75, 3.05) is 45.6 Å². The van der Waals surface area contributed by atoms with Crippen LogP contribution in [-0.4, -0.2) is 61.8 Å². The van der Waals surface area contributed by atoms with E-state index in [4.69, 9.17) is 4.74 Å². The first-order valence-corrected chi connectivity index (χ1v) is 8.38. The quantitative estimate of drug-likeness (QED) is 0.697. The Kier molecular flexibility index (Phi) is 9.11. The van der Waals surface area contributed by atoms with Gasteiger partial charge in [-0.15, -0.1) is 0 Å². The number of hydrogen-bond acceptors (Lipinski definition) is 4. The molecule has 18 heavy (non-hydrogen) atoms. The molecule has 108 valence electrons. The van der Waals surface area contributed by atoms with Gasteiger partial charge in [0.25, 0.3) is 0 Å². The zero-order valence-electron chi connectivity index (χ0n) is 12.3. The SMILES string of the molecule is CCC(C)N(CCOC)CCSC1CCNCC1. The first kappa shape index (κ1) is 16.3. The second-order valence-electron chi connectivity index (χ2n) is 5.11. The van der Waals surface area contributed by atoms with Crippen LogP contribution in [0.25, 0.3) is 0 Å². The molecule has 1 unspecified atom stereocenters. The first-order valence-electron chi connectivity index (χ1n) is 7.33. The largest absolute Gasteiger partial charge is 0.383 e. The van der Waals surface area contributed by atoms with Gasteiger partial charge in [0.2, 0.25) is 0 Å². The van der Waals surface area contributed by atoms with Gasteiger partial charge in [-0.05, 0) is 39.3 Å². The lowest BCUT2D eigenvalue weighted by atomic mass is 10.2. The maximum absolute atomic E-state index is 5.21. The van der Waals surface area contributed by atoms with Crippen molar-refractivity contribution >= 4 is 11.8 Å². The summed E-state index contributed by atoms with van der Waals surface area (Å²) in [6, 6.07) is 0.675. The van der Waals surface area contributed by atoms with Gasteiger partial charge in [-0.1, -0.05) is 6.92 Å². The minimum Gasteiger partial charge on any atom is -0.383 e. The van der Waals surface area contributed by atoms with E-state index in [1.54, 1.807) is 7.11 Å². The summed E-state index contributed by atoms with van der Waals surface area (Å²) < 4.78 is 5.21. The molecular weight excluding hydrogens is 244 g/mol. The average Bonchev–Trinajstić information content (AvgIpc) is 2.43. The Balaban J connectivity index is 2.18. The molecule has 0 aliphatic carbocycles. The Bertz CT molecular complexity index is 198. The van der Waals surface area contributed by atoms with Crippen LogP contribution in [0.4, 0.5) is 0 Å². The second kappa shape index (κ2) is 10.1. The molecule has 1 aliphatic heterocycles. The van der Waals surface area contributed by atoms with E-state index < -0.39 is 0 Å². The molecule has 4 heteroatoms. The summed E-state index contributed by atoms with van der Waals surface area (Å²) in [5.74, 6) is 1.26. The van der Waals surface area contributed by atoms with E-state index in [9.17, 15) is 0 Å². The average molecular weight is 274 g/mol. The summed E-state index contributed by atoms with van der Waals surface area (Å²) in [6.45, 7) is 10.1. The summed E-state index contributed by atoms with van der Waals surface area (Å²) in [7, 11) is 1.79. The molecule has 0 saturated carbocycles. The van der Waals surface area contributed by atoms with Gasteiger partial charge in [0, 0.05) is 37.2 Å². The van der Waals surface area contributed by atoms with E-state index in [0.29, 0.717) is 6.04 Å². The number of nitrogens with zero attached hydrogens (tertiary/aromatic N) is 1. The van der Waals surface area contributed by atoms with Crippen LogP contribution in [0.15, 0.2) is 0 Å². The predicted octanol–water partition coefficient (Wildman–Crippen LogP) is 2.22. The fourth-order valence-electron chi connectivity index (χ4n) is 2.32. The van der Waals surface area contributed by atoms with E-state index in [0.717, 1.165) is 18.4 Å². The molecule has 0 aromatic heterocycles. The van der Waals surface area contributed by atoms with E-state index in [1.165, 1.54) is 44.6 Å². The molecule has 0 radical (unpaired) electrons. The standard InChI is InChI=1S/C14H30N2OS/c1-4-13(2)16(9-11-17-3)10-12-18-14-5-7-15-8-6-14/h13-15H,4-12H2,1-3H3. The fraction of sp³-hybridized carbons (Fsp3) is 1.00. The van der Waals surface area contributed by atoms with Gasteiger partial charge >= 0.3 is 0 Å². The van der Waals surface area contributed by atoms with Gasteiger partial charge in [0.05, 0.1) is 6.61 Å². The number of nitrogens with one attached hydrogen (secondary N) is 1. The summed E-state index contributed by atoms with van der Waals surface area (Å²) in [5.41, 5.74) is 0. The molecule has 0 aromatic carbocycles. The smallest absolute Gasteiger partial charge is 0.0589 e. The van der Waals surface area contributed by atoms with Crippen molar-refractivity contribution in [2.24, 2.45) is 0 Å². The number of rotatable bonds is 9. The van der Waals surface area contributed by atoms with Crippen LogP contribution >= 0.6 is 11.8 Å². The molecular formula is C14H30N2OS. The van der Waals surface area contributed by atoms with Crippen LogP contribution in [0, 0.1) is 0 Å². The third-order valence-corrected chi connectivity index (χ3v) is 5.18. The number of methoxy groups -OCH3 is 1. The van der Waals surface area contributed by atoms with Gasteiger partial charge in [-0.3, -0.25) is 4.90 Å². The highest BCUT2D eigenvalue weighted by Gasteiger charge is 2.15. The normalized spacial score (nSPS) is 19.3. The molecule has 1 heterocycles. The fourth-order valence-corrected chi connectivity index (χ4v) is 3.56. The van der Waals surface area contributed by atoms with Crippen LogP contribution in [0.5, 0.6) is 0 Å².